The van der Waals surface area contributed by atoms with Crippen LogP contribution in [0.4, 0.5) is 4.79 Å². The van der Waals surface area contributed by atoms with Crippen molar-refractivity contribution in [2.45, 2.75) is 56.1 Å². The topological polar surface area (TPSA) is 111 Å². The van der Waals surface area contributed by atoms with E-state index in [1.165, 1.54) is 31.4 Å². The van der Waals surface area contributed by atoms with Gasteiger partial charge in [0.2, 0.25) is 10.0 Å². The van der Waals surface area contributed by atoms with Crippen LogP contribution in [0.5, 0.6) is 0 Å². The molecule has 1 aliphatic rings. The highest BCUT2D eigenvalue weighted by atomic mass is 32.2. The van der Waals surface area contributed by atoms with Crippen molar-refractivity contribution in [3.8, 4) is 0 Å². The van der Waals surface area contributed by atoms with Gasteiger partial charge in [0.1, 0.15) is 0 Å². The summed E-state index contributed by atoms with van der Waals surface area (Å²) in [6.45, 7) is 1.54. The lowest BCUT2D eigenvalue weighted by Gasteiger charge is -2.21. The Bertz CT molecular complexity index is 640. The van der Waals surface area contributed by atoms with E-state index in [1.807, 2.05) is 0 Å². The standard InChI is InChI=1S/C17H27N3O4S/c18-25(22,23)16-9-7-14(8-10-16)13-20-17(21)19-11-4-12-24-15-5-2-1-3-6-15/h7-10,15H,1-6,11-13H2,(H2,18,22,23)(H2,19,20,21). The fraction of sp³-hybridized carbons (Fsp3) is 0.588. The largest absolute Gasteiger partial charge is 0.378 e. The average molecular weight is 369 g/mol. The van der Waals surface area contributed by atoms with Gasteiger partial charge in [-0.05, 0) is 37.0 Å². The quantitative estimate of drug-likeness (QED) is 0.608. The molecule has 1 saturated carbocycles. The molecule has 4 N–H and O–H groups in total. The van der Waals surface area contributed by atoms with Crippen molar-refractivity contribution >= 4 is 16.1 Å². The van der Waals surface area contributed by atoms with Crippen LogP contribution in [-0.4, -0.2) is 33.7 Å². The molecule has 7 nitrogen and oxygen atoms in total. The van der Waals surface area contributed by atoms with Gasteiger partial charge in [-0.25, -0.2) is 18.4 Å². The maximum Gasteiger partial charge on any atom is 0.315 e. The lowest BCUT2D eigenvalue weighted by molar-refractivity contribution is 0.0275. The van der Waals surface area contributed by atoms with Crippen molar-refractivity contribution in [2.24, 2.45) is 5.14 Å². The Morgan fingerprint density at radius 3 is 2.44 bits per heavy atom. The molecule has 0 spiro atoms. The van der Waals surface area contributed by atoms with E-state index in [2.05, 4.69) is 10.6 Å². The van der Waals surface area contributed by atoms with Crippen LogP contribution in [0.25, 0.3) is 0 Å². The molecule has 0 atom stereocenters. The average Bonchev–Trinajstić information content (AvgIpc) is 2.60. The van der Waals surface area contributed by atoms with Crippen LogP contribution in [0.1, 0.15) is 44.1 Å². The zero-order valence-corrected chi connectivity index (χ0v) is 15.2. The Morgan fingerprint density at radius 2 is 1.80 bits per heavy atom. The molecule has 0 radical (unpaired) electrons. The zero-order valence-electron chi connectivity index (χ0n) is 14.4. The number of hydrogen-bond donors (Lipinski definition) is 3. The van der Waals surface area contributed by atoms with E-state index >= 15 is 0 Å². The number of rotatable bonds is 8. The number of nitrogens with one attached hydrogen (secondary N) is 2. The summed E-state index contributed by atoms with van der Waals surface area (Å²) in [7, 11) is -3.69. The molecule has 1 aromatic rings. The third-order valence-corrected chi connectivity index (χ3v) is 5.15. The van der Waals surface area contributed by atoms with E-state index in [4.69, 9.17) is 9.88 Å². The van der Waals surface area contributed by atoms with Gasteiger partial charge >= 0.3 is 6.03 Å². The number of benzene rings is 1. The number of sulfonamides is 1. The fourth-order valence-corrected chi connectivity index (χ4v) is 3.31. The van der Waals surface area contributed by atoms with Crippen LogP contribution in [0, 0.1) is 0 Å². The highest BCUT2D eigenvalue weighted by molar-refractivity contribution is 7.89. The minimum Gasteiger partial charge on any atom is -0.378 e. The minimum absolute atomic E-state index is 0.0543. The van der Waals surface area contributed by atoms with Gasteiger partial charge < -0.3 is 15.4 Å². The molecule has 1 aromatic carbocycles. The van der Waals surface area contributed by atoms with Gasteiger partial charge in [0.15, 0.2) is 0 Å². The van der Waals surface area contributed by atoms with Crippen LogP contribution >= 0.6 is 0 Å². The monoisotopic (exact) mass is 369 g/mol. The van der Waals surface area contributed by atoms with Gasteiger partial charge in [-0.15, -0.1) is 0 Å². The number of hydrogen-bond acceptors (Lipinski definition) is 4. The number of ether oxygens (including phenoxy) is 1. The highest BCUT2D eigenvalue weighted by Crippen LogP contribution is 2.20. The number of nitrogens with two attached hydrogens (primary N) is 1. The summed E-state index contributed by atoms with van der Waals surface area (Å²) >= 11 is 0. The molecule has 0 saturated heterocycles. The lowest BCUT2D eigenvalue weighted by atomic mass is 9.98. The van der Waals surface area contributed by atoms with E-state index in [9.17, 15) is 13.2 Å². The second kappa shape index (κ2) is 9.74. The Kier molecular flexibility index (Phi) is 7.67. The maximum atomic E-state index is 11.7. The molecule has 140 valence electrons. The van der Waals surface area contributed by atoms with E-state index in [-0.39, 0.29) is 10.9 Å². The first kappa shape index (κ1) is 19.7. The van der Waals surface area contributed by atoms with Gasteiger partial charge in [0.25, 0.3) is 0 Å². The summed E-state index contributed by atoms with van der Waals surface area (Å²) in [6.07, 6.45) is 7.30. The van der Waals surface area contributed by atoms with Gasteiger partial charge in [-0.2, -0.15) is 0 Å². The highest BCUT2D eigenvalue weighted by Gasteiger charge is 2.13. The van der Waals surface area contributed by atoms with E-state index in [0.717, 1.165) is 24.8 Å². The molecule has 0 aromatic heterocycles. The molecule has 8 heteroatoms. The molecule has 0 bridgehead atoms. The van der Waals surface area contributed by atoms with Crippen LogP contribution in [0.15, 0.2) is 29.2 Å². The normalized spacial score (nSPS) is 15.7. The number of urea groups is 1. The second-order valence-corrected chi connectivity index (χ2v) is 7.84. The Hall–Kier alpha value is -1.64. The number of carbonyl (C=O) groups excluding carboxylic acids is 1. The van der Waals surface area contributed by atoms with E-state index in [1.54, 1.807) is 12.1 Å². The second-order valence-electron chi connectivity index (χ2n) is 6.28. The van der Waals surface area contributed by atoms with Crippen LogP contribution in [0.2, 0.25) is 0 Å². The van der Waals surface area contributed by atoms with Gasteiger partial charge in [0.05, 0.1) is 11.0 Å². The molecule has 1 fully saturated rings. The van der Waals surface area contributed by atoms with Gasteiger partial charge in [-0.1, -0.05) is 31.4 Å². The molecule has 0 unspecified atom stereocenters. The molecule has 2 amide bonds. The summed E-state index contributed by atoms with van der Waals surface area (Å²) in [5.41, 5.74) is 0.795. The van der Waals surface area contributed by atoms with Crippen molar-refractivity contribution in [3.63, 3.8) is 0 Å². The summed E-state index contributed by atoms with van der Waals surface area (Å²) in [5, 5.41) is 10.5. The van der Waals surface area contributed by atoms with E-state index < -0.39 is 10.0 Å². The van der Waals surface area contributed by atoms with E-state index in [0.29, 0.717) is 25.8 Å². The molecular formula is C17H27N3O4S. The summed E-state index contributed by atoms with van der Waals surface area (Å²) in [4.78, 5) is 11.8. The zero-order chi connectivity index (χ0) is 18.1. The smallest absolute Gasteiger partial charge is 0.315 e. The first-order valence-corrected chi connectivity index (χ1v) is 10.2. The van der Waals surface area contributed by atoms with Gasteiger partial charge in [-0.3, -0.25) is 0 Å². The lowest BCUT2D eigenvalue weighted by Crippen LogP contribution is -2.36. The minimum atomic E-state index is -3.69. The summed E-state index contributed by atoms with van der Waals surface area (Å²) in [6, 6.07) is 5.84. The summed E-state index contributed by atoms with van der Waals surface area (Å²) < 4.78 is 28.1. The van der Waals surface area contributed by atoms with Crippen LogP contribution in [-0.2, 0) is 21.3 Å². The first-order chi connectivity index (χ1) is 11.9. The Morgan fingerprint density at radius 1 is 1.12 bits per heavy atom. The number of amides is 2. The molecular weight excluding hydrogens is 342 g/mol. The number of carbonyl (C=O) groups is 1. The fourth-order valence-electron chi connectivity index (χ4n) is 2.80. The van der Waals surface area contributed by atoms with Crippen molar-refractivity contribution in [2.75, 3.05) is 13.2 Å². The molecule has 0 heterocycles. The van der Waals surface area contributed by atoms with Gasteiger partial charge in [0, 0.05) is 19.7 Å². The Balaban J connectivity index is 1.57. The third kappa shape index (κ3) is 7.41. The number of primary sulfonamides is 1. The molecule has 0 aliphatic heterocycles. The van der Waals surface area contributed by atoms with Crippen molar-refractivity contribution < 1.29 is 17.9 Å². The van der Waals surface area contributed by atoms with Crippen molar-refractivity contribution in [1.82, 2.24) is 10.6 Å². The van der Waals surface area contributed by atoms with Crippen LogP contribution < -0.4 is 15.8 Å². The maximum absolute atomic E-state index is 11.7. The van der Waals surface area contributed by atoms with Crippen molar-refractivity contribution in [1.29, 1.82) is 0 Å². The van der Waals surface area contributed by atoms with Crippen molar-refractivity contribution in [3.05, 3.63) is 29.8 Å². The molecule has 25 heavy (non-hydrogen) atoms. The van der Waals surface area contributed by atoms with Crippen LogP contribution in [0.3, 0.4) is 0 Å². The summed E-state index contributed by atoms with van der Waals surface area (Å²) in [5.74, 6) is 0. The molecule has 1 aliphatic carbocycles. The predicted octanol–water partition coefficient (Wildman–Crippen LogP) is 1.87. The Labute approximate surface area is 149 Å². The third-order valence-electron chi connectivity index (χ3n) is 4.22. The predicted molar refractivity (Wildman–Crippen MR) is 95.5 cm³/mol. The first-order valence-electron chi connectivity index (χ1n) is 8.70. The SMILES string of the molecule is NS(=O)(=O)c1ccc(CNC(=O)NCCCOC2CCCCC2)cc1. The molecule has 2 rings (SSSR count).